The zero-order valence-corrected chi connectivity index (χ0v) is 28.1. The summed E-state index contributed by atoms with van der Waals surface area (Å²) in [6.07, 6.45) is 14.1. The molecular weight excluding hydrogens is 635 g/mol. The molecule has 1 amide bonds. The Balaban J connectivity index is 0.00000106. The lowest BCUT2D eigenvalue weighted by Gasteiger charge is -2.39. The molecule has 9 rings (SSSR count). The van der Waals surface area contributed by atoms with Gasteiger partial charge in [0, 0.05) is 48.9 Å². The lowest BCUT2D eigenvalue weighted by atomic mass is 9.92. The Bertz CT molecular complexity index is 1820. The summed E-state index contributed by atoms with van der Waals surface area (Å²) in [5.74, 6) is 0.399. The van der Waals surface area contributed by atoms with Gasteiger partial charge in [0.15, 0.2) is 5.82 Å². The number of halogens is 2. The largest absolute Gasteiger partial charge is 0.461 e. The number of methoxy groups -OCH3 is 1. The maximum Gasteiger partial charge on any atom is 0.319 e. The first kappa shape index (κ1) is 31.6. The van der Waals surface area contributed by atoms with E-state index in [1.165, 1.54) is 19.3 Å². The van der Waals surface area contributed by atoms with Gasteiger partial charge in [0.1, 0.15) is 30.2 Å². The zero-order chi connectivity index (χ0) is 32.8. The van der Waals surface area contributed by atoms with Crippen LogP contribution in [0.2, 0.25) is 5.02 Å². The molecule has 0 spiro atoms. The summed E-state index contributed by atoms with van der Waals surface area (Å²) in [5, 5.41) is 8.69. The Morgan fingerprint density at radius 2 is 1.83 bits per heavy atom. The number of likely N-dealkylation sites (tertiary alicyclic amines) is 1. The second-order valence-electron chi connectivity index (χ2n) is 13.9. The first-order valence-electron chi connectivity index (χ1n) is 17.3. The number of hydrogen-bond acceptors (Lipinski definition) is 9. The van der Waals surface area contributed by atoms with Crippen LogP contribution in [0.15, 0.2) is 24.5 Å². The molecule has 254 valence electrons. The van der Waals surface area contributed by atoms with E-state index in [1.807, 2.05) is 4.90 Å². The predicted octanol–water partition coefficient (Wildman–Crippen LogP) is 5.61. The molecule has 1 aliphatic carbocycles. The SMILES string of the molecule is C1CC1.COCC(=O)N1CCC2CCN(c3nc(OCC45CCCN4CCC5)nc4c(F)c(-c5cc(Cl)cc6[nH]ncc56)ncc34)CC21. The van der Waals surface area contributed by atoms with E-state index in [0.29, 0.717) is 58.3 Å². The van der Waals surface area contributed by atoms with Crippen LogP contribution in [0, 0.1) is 11.7 Å². The number of anilines is 1. The molecule has 2 unspecified atom stereocenters. The lowest BCUT2D eigenvalue weighted by Crippen LogP contribution is -2.51. The number of carbonyl (C=O) groups excluding carboxylic acids is 1. The number of carbonyl (C=O) groups is 1. The molecule has 4 aromatic rings. The van der Waals surface area contributed by atoms with Gasteiger partial charge in [0.25, 0.3) is 0 Å². The van der Waals surface area contributed by atoms with Crippen molar-refractivity contribution < 1.29 is 18.7 Å². The fourth-order valence-corrected chi connectivity index (χ4v) is 8.45. The Morgan fingerprint density at radius 1 is 1.04 bits per heavy atom. The van der Waals surface area contributed by atoms with Gasteiger partial charge >= 0.3 is 6.01 Å². The van der Waals surface area contributed by atoms with E-state index in [0.717, 1.165) is 58.2 Å². The maximum atomic E-state index is 16.7. The van der Waals surface area contributed by atoms with Crippen molar-refractivity contribution in [3.05, 3.63) is 35.4 Å². The standard InChI is InChI=1S/C32H36ClFN8O3.C3H6/c1-44-17-26(43)42-11-5-19-4-10-40(16-25(19)42)30-23-14-35-28(21-12-20(33)13-24-22(21)15-36-39-24)27(34)29(23)37-31(38-30)45-18-32-6-2-8-41(32)9-3-7-32;1-2-3-1/h12-15,19,25H,2-11,16-18H2,1H3,(H,36,39);1-3H2. The number of fused-ring (bicyclic) bond motifs is 4. The molecule has 4 aliphatic heterocycles. The maximum absolute atomic E-state index is 16.7. The Kier molecular flexibility index (Phi) is 8.58. The highest BCUT2D eigenvalue weighted by molar-refractivity contribution is 6.31. The van der Waals surface area contributed by atoms with Gasteiger partial charge in [-0.05, 0) is 69.7 Å². The minimum atomic E-state index is -0.569. The quantitative estimate of drug-likeness (QED) is 0.267. The highest BCUT2D eigenvalue weighted by Crippen LogP contribution is 2.41. The molecule has 1 aromatic carbocycles. The smallest absolute Gasteiger partial charge is 0.319 e. The number of rotatable bonds is 7. The molecule has 0 radical (unpaired) electrons. The first-order chi connectivity index (χ1) is 23.4. The summed E-state index contributed by atoms with van der Waals surface area (Å²) >= 11 is 6.41. The number of benzene rings is 1. The fourth-order valence-electron chi connectivity index (χ4n) is 8.24. The monoisotopic (exact) mass is 676 g/mol. The molecule has 1 N–H and O–H groups in total. The summed E-state index contributed by atoms with van der Waals surface area (Å²) < 4.78 is 28.2. The van der Waals surface area contributed by atoms with Crippen molar-refractivity contribution in [2.45, 2.75) is 69.4 Å². The van der Waals surface area contributed by atoms with Crippen LogP contribution in [-0.2, 0) is 9.53 Å². The highest BCUT2D eigenvalue weighted by atomic mass is 35.5. The van der Waals surface area contributed by atoms with E-state index < -0.39 is 5.82 Å². The summed E-state index contributed by atoms with van der Waals surface area (Å²) in [6.45, 7) is 4.69. The molecule has 5 aliphatic rings. The van der Waals surface area contributed by atoms with Crippen LogP contribution in [0.1, 0.15) is 57.8 Å². The lowest BCUT2D eigenvalue weighted by molar-refractivity contribution is -0.136. The number of piperidine rings is 1. The number of amides is 1. The van der Waals surface area contributed by atoms with Crippen molar-refractivity contribution in [3.8, 4) is 17.3 Å². The number of pyridine rings is 1. The third-order valence-electron chi connectivity index (χ3n) is 10.8. The minimum absolute atomic E-state index is 0.00945. The van der Waals surface area contributed by atoms with Crippen LogP contribution in [0.5, 0.6) is 6.01 Å². The van der Waals surface area contributed by atoms with E-state index in [2.05, 4.69) is 30.0 Å². The molecule has 5 fully saturated rings. The topological polar surface area (TPSA) is 113 Å². The van der Waals surface area contributed by atoms with Crippen molar-refractivity contribution in [1.82, 2.24) is 34.9 Å². The normalized spacial score (nSPS) is 22.9. The summed E-state index contributed by atoms with van der Waals surface area (Å²) in [6, 6.07) is 3.63. The van der Waals surface area contributed by atoms with Crippen molar-refractivity contribution in [1.29, 1.82) is 0 Å². The average molecular weight is 677 g/mol. The molecule has 4 saturated heterocycles. The zero-order valence-electron chi connectivity index (χ0n) is 27.4. The van der Waals surface area contributed by atoms with Crippen molar-refractivity contribution in [3.63, 3.8) is 0 Å². The Labute approximate surface area is 284 Å². The molecule has 3 aromatic heterocycles. The summed E-state index contributed by atoms with van der Waals surface area (Å²) in [7, 11) is 1.54. The van der Waals surface area contributed by atoms with Crippen LogP contribution < -0.4 is 9.64 Å². The number of H-pyrrole nitrogens is 1. The molecule has 11 nitrogen and oxygen atoms in total. The Hall–Kier alpha value is -3.61. The van der Waals surface area contributed by atoms with Crippen LogP contribution in [-0.4, -0.2) is 105 Å². The molecule has 2 atom stereocenters. The van der Waals surface area contributed by atoms with Gasteiger partial charge in [0.05, 0.1) is 28.7 Å². The number of ether oxygens (including phenoxy) is 2. The van der Waals surface area contributed by atoms with Gasteiger partial charge < -0.3 is 19.3 Å². The summed E-state index contributed by atoms with van der Waals surface area (Å²) in [5.41, 5.74) is 1.48. The van der Waals surface area contributed by atoms with E-state index in [1.54, 1.807) is 31.6 Å². The highest BCUT2D eigenvalue weighted by Gasteiger charge is 2.45. The van der Waals surface area contributed by atoms with Gasteiger partial charge in [-0.1, -0.05) is 30.9 Å². The third kappa shape index (κ3) is 5.85. The van der Waals surface area contributed by atoms with Gasteiger partial charge in [-0.25, -0.2) is 4.39 Å². The van der Waals surface area contributed by atoms with Crippen LogP contribution in [0.4, 0.5) is 10.2 Å². The van der Waals surface area contributed by atoms with E-state index >= 15 is 4.39 Å². The Morgan fingerprint density at radius 3 is 2.60 bits per heavy atom. The van der Waals surface area contributed by atoms with Crippen molar-refractivity contribution in [2.75, 3.05) is 57.9 Å². The average Bonchev–Trinajstić information content (AvgIpc) is 3.45. The van der Waals surface area contributed by atoms with Crippen molar-refractivity contribution >= 4 is 45.1 Å². The molecule has 13 heteroatoms. The van der Waals surface area contributed by atoms with E-state index in [-0.39, 0.29) is 41.3 Å². The number of nitrogens with zero attached hydrogens (tertiary/aromatic N) is 7. The van der Waals surface area contributed by atoms with Gasteiger partial charge in [-0.15, -0.1) is 0 Å². The third-order valence-corrected chi connectivity index (χ3v) is 11.0. The number of nitrogens with one attached hydrogen (secondary N) is 1. The second kappa shape index (κ2) is 13.0. The van der Waals surface area contributed by atoms with Gasteiger partial charge in [-0.3, -0.25) is 19.8 Å². The van der Waals surface area contributed by atoms with E-state index in [4.69, 9.17) is 26.1 Å². The predicted molar refractivity (Wildman–Crippen MR) is 182 cm³/mol. The van der Waals surface area contributed by atoms with Crippen LogP contribution >= 0.6 is 11.6 Å². The molecule has 48 heavy (non-hydrogen) atoms. The second-order valence-corrected chi connectivity index (χ2v) is 14.4. The molecule has 1 saturated carbocycles. The van der Waals surface area contributed by atoms with Crippen LogP contribution in [0.3, 0.4) is 0 Å². The van der Waals surface area contributed by atoms with Crippen LogP contribution in [0.25, 0.3) is 33.1 Å². The molecule has 0 bridgehead atoms. The van der Waals surface area contributed by atoms with E-state index in [9.17, 15) is 4.79 Å². The number of aromatic nitrogens is 5. The number of hydrogen-bond donors (Lipinski definition) is 1. The fraction of sp³-hybridized carbons (Fsp3) is 0.571. The molecular formula is C35H42ClFN8O3. The van der Waals surface area contributed by atoms with Crippen molar-refractivity contribution in [2.24, 2.45) is 5.92 Å². The van der Waals surface area contributed by atoms with Gasteiger partial charge in [0.2, 0.25) is 5.91 Å². The van der Waals surface area contributed by atoms with Gasteiger partial charge in [-0.2, -0.15) is 15.1 Å². The molecule has 7 heterocycles. The number of aromatic amines is 1. The first-order valence-corrected chi connectivity index (χ1v) is 17.7. The summed E-state index contributed by atoms with van der Waals surface area (Å²) in [4.78, 5) is 33.7. The minimum Gasteiger partial charge on any atom is -0.461 e.